The Labute approximate surface area is 82.6 Å². The van der Waals surface area contributed by atoms with Crippen LogP contribution in [0, 0.1) is 0 Å². The van der Waals surface area contributed by atoms with Gasteiger partial charge in [-0.05, 0) is 29.7 Å². The van der Waals surface area contributed by atoms with Crippen molar-refractivity contribution < 1.29 is 14.3 Å². The number of hydrogen-bond acceptors (Lipinski definition) is 3. The van der Waals surface area contributed by atoms with E-state index in [9.17, 15) is 4.79 Å². The minimum Gasteiger partial charge on any atom is -0.465 e. The van der Waals surface area contributed by atoms with E-state index in [2.05, 4.69) is 4.74 Å². The van der Waals surface area contributed by atoms with Crippen LogP contribution in [0.5, 0.6) is 0 Å². The van der Waals surface area contributed by atoms with Crippen molar-refractivity contribution in [3.63, 3.8) is 0 Å². The first-order valence-corrected chi connectivity index (χ1v) is 4.59. The summed E-state index contributed by atoms with van der Waals surface area (Å²) in [6.45, 7) is 1.38. The fourth-order valence-corrected chi connectivity index (χ4v) is 1.61. The Kier molecular flexibility index (Phi) is 2.50. The van der Waals surface area contributed by atoms with Crippen molar-refractivity contribution in [3.05, 3.63) is 34.9 Å². The monoisotopic (exact) mass is 192 g/mol. The van der Waals surface area contributed by atoms with Gasteiger partial charge in [-0.3, -0.25) is 0 Å². The van der Waals surface area contributed by atoms with Crippen LogP contribution in [0.1, 0.15) is 21.5 Å². The second-order valence-electron chi connectivity index (χ2n) is 3.28. The van der Waals surface area contributed by atoms with Gasteiger partial charge in [0, 0.05) is 0 Å². The van der Waals surface area contributed by atoms with E-state index >= 15 is 0 Å². The molecule has 0 bridgehead atoms. The number of ether oxygens (including phenoxy) is 2. The Morgan fingerprint density at radius 3 is 3.07 bits per heavy atom. The Hall–Kier alpha value is -1.35. The number of carbonyl (C=O) groups is 1. The van der Waals surface area contributed by atoms with Crippen LogP contribution < -0.4 is 0 Å². The molecule has 0 aromatic heterocycles. The van der Waals surface area contributed by atoms with Crippen LogP contribution in [0.3, 0.4) is 0 Å². The molecule has 0 aliphatic carbocycles. The summed E-state index contributed by atoms with van der Waals surface area (Å²) in [6, 6.07) is 5.60. The number of fused-ring (bicyclic) bond motifs is 1. The summed E-state index contributed by atoms with van der Waals surface area (Å²) >= 11 is 0. The van der Waals surface area contributed by atoms with Crippen LogP contribution in [0.4, 0.5) is 0 Å². The molecule has 1 aromatic rings. The summed E-state index contributed by atoms with van der Waals surface area (Å²) in [5.74, 6) is -0.278. The first-order chi connectivity index (χ1) is 6.81. The zero-order chi connectivity index (χ0) is 9.97. The van der Waals surface area contributed by atoms with Crippen LogP contribution in [0.15, 0.2) is 18.2 Å². The number of rotatable bonds is 1. The van der Waals surface area contributed by atoms with Crippen LogP contribution in [0.2, 0.25) is 0 Å². The average molecular weight is 192 g/mol. The molecule has 0 unspecified atom stereocenters. The van der Waals surface area contributed by atoms with Crippen molar-refractivity contribution in [3.8, 4) is 0 Å². The van der Waals surface area contributed by atoms with E-state index < -0.39 is 0 Å². The molecular weight excluding hydrogens is 180 g/mol. The predicted molar refractivity (Wildman–Crippen MR) is 51.1 cm³/mol. The summed E-state index contributed by atoms with van der Waals surface area (Å²) in [4.78, 5) is 11.2. The maximum atomic E-state index is 11.2. The number of esters is 1. The fraction of sp³-hybridized carbons (Fsp3) is 0.364. The molecule has 74 valence electrons. The Morgan fingerprint density at radius 2 is 2.29 bits per heavy atom. The van der Waals surface area contributed by atoms with Gasteiger partial charge >= 0.3 is 5.97 Å². The molecule has 0 fully saturated rings. The van der Waals surface area contributed by atoms with Gasteiger partial charge in [0.05, 0.1) is 25.9 Å². The largest absolute Gasteiger partial charge is 0.465 e. The highest BCUT2D eigenvalue weighted by molar-refractivity contribution is 5.89. The zero-order valence-corrected chi connectivity index (χ0v) is 8.08. The molecule has 0 saturated carbocycles. The van der Waals surface area contributed by atoms with Gasteiger partial charge in [0.2, 0.25) is 0 Å². The third kappa shape index (κ3) is 1.63. The molecule has 0 atom stereocenters. The molecule has 3 nitrogen and oxygen atoms in total. The second kappa shape index (κ2) is 3.80. The van der Waals surface area contributed by atoms with E-state index in [1.165, 1.54) is 18.2 Å². The lowest BCUT2D eigenvalue weighted by atomic mass is 10.0. The van der Waals surface area contributed by atoms with E-state index in [1.807, 2.05) is 12.1 Å². The first-order valence-electron chi connectivity index (χ1n) is 4.59. The molecule has 2 rings (SSSR count). The Balaban J connectivity index is 2.33. The van der Waals surface area contributed by atoms with Gasteiger partial charge in [-0.2, -0.15) is 0 Å². The van der Waals surface area contributed by atoms with Gasteiger partial charge in [0.1, 0.15) is 0 Å². The number of benzene rings is 1. The van der Waals surface area contributed by atoms with Crippen LogP contribution >= 0.6 is 0 Å². The summed E-state index contributed by atoms with van der Waals surface area (Å²) in [5, 5.41) is 0. The van der Waals surface area contributed by atoms with Crippen molar-refractivity contribution in [1.29, 1.82) is 0 Å². The van der Waals surface area contributed by atoms with Crippen molar-refractivity contribution in [2.45, 2.75) is 13.0 Å². The molecule has 14 heavy (non-hydrogen) atoms. The highest BCUT2D eigenvalue weighted by Gasteiger charge is 2.12. The molecule has 1 aliphatic heterocycles. The van der Waals surface area contributed by atoms with E-state index in [0.29, 0.717) is 12.2 Å². The van der Waals surface area contributed by atoms with E-state index in [0.717, 1.165) is 13.0 Å². The summed E-state index contributed by atoms with van der Waals surface area (Å²) in [5.41, 5.74) is 2.98. The molecule has 1 heterocycles. The Morgan fingerprint density at radius 1 is 1.43 bits per heavy atom. The van der Waals surface area contributed by atoms with Crippen LogP contribution in [-0.2, 0) is 22.5 Å². The van der Waals surface area contributed by atoms with Crippen molar-refractivity contribution in [2.75, 3.05) is 13.7 Å². The van der Waals surface area contributed by atoms with Gasteiger partial charge in [-0.25, -0.2) is 4.79 Å². The second-order valence-corrected chi connectivity index (χ2v) is 3.28. The quantitative estimate of drug-likeness (QED) is 0.633. The van der Waals surface area contributed by atoms with Crippen LogP contribution in [0.25, 0.3) is 0 Å². The average Bonchev–Trinajstić information content (AvgIpc) is 2.27. The van der Waals surface area contributed by atoms with Crippen molar-refractivity contribution in [1.82, 2.24) is 0 Å². The van der Waals surface area contributed by atoms with Crippen molar-refractivity contribution >= 4 is 5.97 Å². The molecule has 1 aliphatic rings. The zero-order valence-electron chi connectivity index (χ0n) is 8.08. The Bertz CT molecular complexity index is 358. The third-order valence-corrected chi connectivity index (χ3v) is 2.40. The highest BCUT2D eigenvalue weighted by Crippen LogP contribution is 2.18. The molecule has 0 saturated heterocycles. The maximum absolute atomic E-state index is 11.2. The normalized spacial score (nSPS) is 14.6. The molecule has 0 radical (unpaired) electrons. The summed E-state index contributed by atoms with van der Waals surface area (Å²) in [7, 11) is 1.39. The molecule has 0 amide bonds. The number of hydrogen-bond donors (Lipinski definition) is 0. The third-order valence-electron chi connectivity index (χ3n) is 2.40. The SMILES string of the molecule is COC(=O)c1ccc2c(c1)CCOC2. The number of methoxy groups -OCH3 is 1. The highest BCUT2D eigenvalue weighted by atomic mass is 16.5. The molecule has 0 spiro atoms. The lowest BCUT2D eigenvalue weighted by Gasteiger charge is -2.16. The predicted octanol–water partition coefficient (Wildman–Crippen LogP) is 1.55. The standard InChI is InChI=1S/C11H12O3/c1-13-11(12)9-2-3-10-7-14-5-4-8(10)6-9/h2-3,6H,4-5,7H2,1H3. The van der Waals surface area contributed by atoms with Gasteiger partial charge in [0.15, 0.2) is 0 Å². The molecule has 1 aromatic carbocycles. The van der Waals surface area contributed by atoms with Crippen LogP contribution in [-0.4, -0.2) is 19.7 Å². The molecule has 0 N–H and O–H groups in total. The molecular formula is C11H12O3. The fourth-order valence-electron chi connectivity index (χ4n) is 1.61. The van der Waals surface area contributed by atoms with Gasteiger partial charge in [-0.1, -0.05) is 6.07 Å². The van der Waals surface area contributed by atoms with E-state index in [-0.39, 0.29) is 5.97 Å². The van der Waals surface area contributed by atoms with Gasteiger partial charge < -0.3 is 9.47 Å². The lowest BCUT2D eigenvalue weighted by molar-refractivity contribution is 0.0600. The van der Waals surface area contributed by atoms with Gasteiger partial charge in [0.25, 0.3) is 0 Å². The minimum atomic E-state index is -0.278. The topological polar surface area (TPSA) is 35.5 Å². The first kappa shape index (κ1) is 9.21. The lowest BCUT2D eigenvalue weighted by Crippen LogP contribution is -2.11. The maximum Gasteiger partial charge on any atom is 0.337 e. The smallest absolute Gasteiger partial charge is 0.337 e. The minimum absolute atomic E-state index is 0.278. The number of carbonyl (C=O) groups excluding carboxylic acids is 1. The van der Waals surface area contributed by atoms with Crippen molar-refractivity contribution in [2.24, 2.45) is 0 Å². The van der Waals surface area contributed by atoms with Gasteiger partial charge in [-0.15, -0.1) is 0 Å². The molecule has 3 heteroatoms. The van der Waals surface area contributed by atoms with E-state index in [4.69, 9.17) is 4.74 Å². The van der Waals surface area contributed by atoms with E-state index in [1.54, 1.807) is 6.07 Å². The summed E-state index contributed by atoms with van der Waals surface area (Å²) in [6.07, 6.45) is 0.875. The summed E-state index contributed by atoms with van der Waals surface area (Å²) < 4.78 is 9.96.